The minimum absolute atomic E-state index is 0.0265. The first-order valence-corrected chi connectivity index (χ1v) is 9.16. The number of benzene rings is 1. The summed E-state index contributed by atoms with van der Waals surface area (Å²) in [4.78, 5) is 14.2. The van der Waals surface area contributed by atoms with Gasteiger partial charge in [0.05, 0.1) is 5.69 Å². The highest BCUT2D eigenvalue weighted by molar-refractivity contribution is 8.00. The lowest BCUT2D eigenvalue weighted by Crippen LogP contribution is -2.44. The van der Waals surface area contributed by atoms with Crippen molar-refractivity contribution in [2.45, 2.75) is 29.4 Å². The molecule has 3 rings (SSSR count). The number of thioether (sulfide) groups is 1. The number of rotatable bonds is 5. The summed E-state index contributed by atoms with van der Waals surface area (Å²) in [6.45, 7) is 3.89. The van der Waals surface area contributed by atoms with E-state index in [0.717, 1.165) is 37.6 Å². The predicted molar refractivity (Wildman–Crippen MR) is 92.1 cm³/mol. The van der Waals surface area contributed by atoms with Crippen LogP contribution in [0.4, 0.5) is 0 Å². The predicted octanol–water partition coefficient (Wildman–Crippen LogP) is 2.92. The standard InChI is InChI=1S/C16H19N3O2S2/c1-12-14(23-19-18-12)15(20)17-11-16(7-9-21-10-8-16)22-13-5-3-2-4-6-13/h2-6H,7-11H2,1H3,(H,17,20). The van der Waals surface area contributed by atoms with Crippen LogP contribution in [-0.4, -0.2) is 40.0 Å². The summed E-state index contributed by atoms with van der Waals surface area (Å²) in [7, 11) is 0. The summed E-state index contributed by atoms with van der Waals surface area (Å²) in [5, 5.41) is 6.97. The molecule has 1 aliphatic rings. The molecular weight excluding hydrogens is 330 g/mol. The average molecular weight is 349 g/mol. The number of hydrogen-bond donors (Lipinski definition) is 1. The lowest BCUT2D eigenvalue weighted by molar-refractivity contribution is 0.0742. The van der Waals surface area contributed by atoms with Gasteiger partial charge in [-0.1, -0.05) is 22.7 Å². The van der Waals surface area contributed by atoms with Gasteiger partial charge in [-0.15, -0.1) is 16.9 Å². The summed E-state index contributed by atoms with van der Waals surface area (Å²) < 4.78 is 9.32. The second-order valence-electron chi connectivity index (χ2n) is 5.58. The lowest BCUT2D eigenvalue weighted by Gasteiger charge is -2.36. The van der Waals surface area contributed by atoms with Gasteiger partial charge in [0.15, 0.2) is 0 Å². The van der Waals surface area contributed by atoms with Crippen molar-refractivity contribution >= 4 is 29.2 Å². The van der Waals surface area contributed by atoms with E-state index in [4.69, 9.17) is 4.74 Å². The van der Waals surface area contributed by atoms with Crippen LogP contribution in [0.2, 0.25) is 0 Å². The topological polar surface area (TPSA) is 64.1 Å². The molecule has 5 nitrogen and oxygen atoms in total. The number of aryl methyl sites for hydroxylation is 1. The number of ether oxygens (including phenoxy) is 1. The molecule has 0 aliphatic carbocycles. The molecule has 1 amide bonds. The fourth-order valence-electron chi connectivity index (χ4n) is 2.56. The Morgan fingerprint density at radius 3 is 2.74 bits per heavy atom. The maximum atomic E-state index is 12.3. The van der Waals surface area contributed by atoms with Crippen molar-refractivity contribution in [3.63, 3.8) is 0 Å². The van der Waals surface area contributed by atoms with Gasteiger partial charge in [-0.25, -0.2) is 0 Å². The Labute approximate surface area is 144 Å². The molecule has 2 aromatic rings. The molecule has 7 heteroatoms. The Balaban J connectivity index is 1.69. The maximum absolute atomic E-state index is 12.3. The second kappa shape index (κ2) is 7.42. The number of aromatic nitrogens is 2. The molecule has 0 atom stereocenters. The van der Waals surface area contributed by atoms with Crippen molar-refractivity contribution in [3.05, 3.63) is 40.9 Å². The average Bonchev–Trinajstić information content (AvgIpc) is 3.01. The van der Waals surface area contributed by atoms with E-state index >= 15 is 0 Å². The minimum Gasteiger partial charge on any atom is -0.381 e. The quantitative estimate of drug-likeness (QED) is 0.899. The number of nitrogens with one attached hydrogen (secondary N) is 1. The third-order valence-electron chi connectivity index (χ3n) is 3.91. The first kappa shape index (κ1) is 16.4. The van der Waals surface area contributed by atoms with Crippen molar-refractivity contribution in [1.29, 1.82) is 0 Å². The van der Waals surface area contributed by atoms with E-state index in [9.17, 15) is 4.79 Å². The summed E-state index contributed by atoms with van der Waals surface area (Å²) in [6.07, 6.45) is 1.85. The normalized spacial score (nSPS) is 16.9. The minimum atomic E-state index is -0.0861. The van der Waals surface area contributed by atoms with Crippen molar-refractivity contribution in [3.8, 4) is 0 Å². The van der Waals surface area contributed by atoms with Crippen LogP contribution in [-0.2, 0) is 4.74 Å². The molecule has 2 heterocycles. The molecule has 23 heavy (non-hydrogen) atoms. The third kappa shape index (κ3) is 4.10. The van der Waals surface area contributed by atoms with Gasteiger partial charge in [-0.3, -0.25) is 4.79 Å². The van der Waals surface area contributed by atoms with Gasteiger partial charge in [-0.05, 0) is 43.4 Å². The Hall–Kier alpha value is -1.44. The third-order valence-corrected chi connectivity index (χ3v) is 6.23. The monoisotopic (exact) mass is 349 g/mol. The summed E-state index contributed by atoms with van der Waals surface area (Å²) in [5.74, 6) is -0.0861. The Morgan fingerprint density at radius 1 is 1.35 bits per heavy atom. The molecule has 0 bridgehead atoms. The van der Waals surface area contributed by atoms with Crippen molar-refractivity contribution in [2.24, 2.45) is 0 Å². The van der Waals surface area contributed by atoms with Gasteiger partial charge in [0.2, 0.25) is 0 Å². The Kier molecular flexibility index (Phi) is 5.30. The molecular formula is C16H19N3O2S2. The van der Waals surface area contributed by atoms with E-state index in [1.54, 1.807) is 6.92 Å². The van der Waals surface area contributed by atoms with Crippen LogP contribution in [0, 0.1) is 6.92 Å². The van der Waals surface area contributed by atoms with Gasteiger partial charge in [-0.2, -0.15) is 0 Å². The lowest BCUT2D eigenvalue weighted by atomic mass is 9.99. The van der Waals surface area contributed by atoms with E-state index in [-0.39, 0.29) is 10.7 Å². The molecule has 1 aliphatic heterocycles. The highest BCUT2D eigenvalue weighted by Gasteiger charge is 2.34. The maximum Gasteiger partial charge on any atom is 0.264 e. The largest absolute Gasteiger partial charge is 0.381 e. The van der Waals surface area contributed by atoms with E-state index in [1.807, 2.05) is 30.0 Å². The molecule has 122 valence electrons. The van der Waals surface area contributed by atoms with E-state index in [1.165, 1.54) is 4.90 Å². The zero-order chi connectivity index (χ0) is 16.1. The van der Waals surface area contributed by atoms with Gasteiger partial charge in [0, 0.05) is 29.4 Å². The molecule has 0 unspecified atom stereocenters. The molecule has 0 spiro atoms. The van der Waals surface area contributed by atoms with Gasteiger partial charge in [0.25, 0.3) is 5.91 Å². The molecule has 0 saturated carbocycles. The number of nitrogens with zero attached hydrogens (tertiary/aromatic N) is 2. The van der Waals surface area contributed by atoms with Crippen LogP contribution in [0.15, 0.2) is 35.2 Å². The van der Waals surface area contributed by atoms with Crippen LogP contribution >= 0.6 is 23.3 Å². The number of hydrogen-bond acceptors (Lipinski definition) is 6. The van der Waals surface area contributed by atoms with Gasteiger partial charge < -0.3 is 10.1 Å². The summed E-state index contributed by atoms with van der Waals surface area (Å²) >= 11 is 2.98. The first-order chi connectivity index (χ1) is 11.2. The van der Waals surface area contributed by atoms with E-state index in [2.05, 4.69) is 27.0 Å². The number of carbonyl (C=O) groups excluding carboxylic acids is 1. The number of amides is 1. The smallest absolute Gasteiger partial charge is 0.264 e. The molecule has 1 saturated heterocycles. The first-order valence-electron chi connectivity index (χ1n) is 7.57. The number of carbonyl (C=O) groups is 1. The fraction of sp³-hybridized carbons (Fsp3) is 0.438. The highest BCUT2D eigenvalue weighted by atomic mass is 32.2. The molecule has 1 aromatic carbocycles. The molecule has 1 N–H and O–H groups in total. The molecule has 0 radical (unpaired) electrons. The zero-order valence-electron chi connectivity index (χ0n) is 12.9. The summed E-state index contributed by atoms with van der Waals surface area (Å²) in [6, 6.07) is 10.3. The highest BCUT2D eigenvalue weighted by Crippen LogP contribution is 2.40. The van der Waals surface area contributed by atoms with Crippen molar-refractivity contribution in [1.82, 2.24) is 14.9 Å². The Bertz CT molecular complexity index is 654. The van der Waals surface area contributed by atoms with Crippen molar-refractivity contribution < 1.29 is 9.53 Å². The van der Waals surface area contributed by atoms with Crippen LogP contribution < -0.4 is 5.32 Å². The van der Waals surface area contributed by atoms with E-state index in [0.29, 0.717) is 17.1 Å². The van der Waals surface area contributed by atoms with Crippen LogP contribution in [0.1, 0.15) is 28.2 Å². The summed E-state index contributed by atoms with van der Waals surface area (Å²) in [5.41, 5.74) is 0.684. The second-order valence-corrected chi connectivity index (χ2v) is 7.88. The SMILES string of the molecule is Cc1nnsc1C(=O)NCC1(Sc2ccccc2)CCOCC1. The Morgan fingerprint density at radius 2 is 2.09 bits per heavy atom. The van der Waals surface area contributed by atoms with Crippen LogP contribution in [0.5, 0.6) is 0 Å². The van der Waals surface area contributed by atoms with Crippen LogP contribution in [0.25, 0.3) is 0 Å². The zero-order valence-corrected chi connectivity index (χ0v) is 14.6. The van der Waals surface area contributed by atoms with E-state index < -0.39 is 0 Å². The van der Waals surface area contributed by atoms with Gasteiger partial charge >= 0.3 is 0 Å². The van der Waals surface area contributed by atoms with Crippen molar-refractivity contribution in [2.75, 3.05) is 19.8 Å². The van der Waals surface area contributed by atoms with Crippen LogP contribution in [0.3, 0.4) is 0 Å². The molecule has 1 aromatic heterocycles. The fourth-order valence-corrected chi connectivity index (χ4v) is 4.44. The molecule has 1 fully saturated rings. The van der Waals surface area contributed by atoms with Gasteiger partial charge in [0.1, 0.15) is 4.88 Å².